The number of carbonyl (C=O) groups excluding carboxylic acids is 1. The summed E-state index contributed by atoms with van der Waals surface area (Å²) in [6.07, 6.45) is 9.24. The van der Waals surface area contributed by atoms with Gasteiger partial charge in [0.25, 0.3) is 0 Å². The quantitative estimate of drug-likeness (QED) is 0.497. The molecule has 170 valence electrons. The van der Waals surface area contributed by atoms with Gasteiger partial charge in [-0.05, 0) is 50.0 Å². The molecule has 1 amide bonds. The molecule has 2 aromatic heterocycles. The van der Waals surface area contributed by atoms with E-state index in [0.717, 1.165) is 19.6 Å². The fourth-order valence-corrected chi connectivity index (χ4v) is 4.78. The lowest BCUT2D eigenvalue weighted by molar-refractivity contribution is -0.121. The second kappa shape index (κ2) is 11.9. The van der Waals surface area contributed by atoms with Gasteiger partial charge in [0.2, 0.25) is 11.8 Å². The van der Waals surface area contributed by atoms with Crippen LogP contribution in [0.1, 0.15) is 43.2 Å². The van der Waals surface area contributed by atoms with Crippen molar-refractivity contribution >= 4 is 15.7 Å². The first-order chi connectivity index (χ1) is 15.0. The van der Waals surface area contributed by atoms with Gasteiger partial charge >= 0.3 is 0 Å². The van der Waals surface area contributed by atoms with E-state index in [-0.39, 0.29) is 30.4 Å². The van der Waals surface area contributed by atoms with Gasteiger partial charge in [-0.3, -0.25) is 9.69 Å². The van der Waals surface area contributed by atoms with Crippen molar-refractivity contribution in [3.63, 3.8) is 0 Å². The van der Waals surface area contributed by atoms with Crippen LogP contribution in [0.5, 0.6) is 5.88 Å². The molecule has 0 aliphatic carbocycles. The number of ether oxygens (including phenoxy) is 1. The molecule has 1 saturated heterocycles. The number of nitrogens with zero attached hydrogens (tertiary/aromatic N) is 2. The molecule has 0 bridgehead atoms. The lowest BCUT2D eigenvalue weighted by Gasteiger charge is -2.26. The molecule has 0 atom stereocenters. The highest BCUT2D eigenvalue weighted by Crippen LogP contribution is 2.16. The normalized spacial score (nSPS) is 15.0. The minimum Gasteiger partial charge on any atom is -0.478 e. The van der Waals surface area contributed by atoms with E-state index in [1.807, 2.05) is 12.1 Å². The molecule has 1 N–H and O–H groups in total. The molecule has 0 radical (unpaired) electrons. The largest absolute Gasteiger partial charge is 0.478 e. The van der Waals surface area contributed by atoms with Crippen LogP contribution in [0, 0.1) is 0 Å². The predicted octanol–water partition coefficient (Wildman–Crippen LogP) is 2.55. The Bertz CT molecular complexity index is 909. The van der Waals surface area contributed by atoms with Crippen molar-refractivity contribution in [2.75, 3.05) is 32.0 Å². The molecule has 3 heterocycles. The van der Waals surface area contributed by atoms with Crippen LogP contribution in [-0.4, -0.2) is 56.2 Å². The molecule has 8 nitrogen and oxygen atoms in total. The van der Waals surface area contributed by atoms with Crippen LogP contribution in [0.3, 0.4) is 0 Å². The Labute approximate surface area is 183 Å². The number of hydrogen-bond donors (Lipinski definition) is 1. The Morgan fingerprint density at radius 3 is 2.81 bits per heavy atom. The summed E-state index contributed by atoms with van der Waals surface area (Å²) in [5, 5.41) is 2.65. The third-order valence-electron chi connectivity index (χ3n) is 5.15. The first kappa shape index (κ1) is 23.3. The van der Waals surface area contributed by atoms with E-state index >= 15 is 0 Å². The van der Waals surface area contributed by atoms with Crippen molar-refractivity contribution in [1.29, 1.82) is 0 Å². The minimum atomic E-state index is -3.29. The molecule has 3 rings (SSSR count). The van der Waals surface area contributed by atoms with E-state index < -0.39 is 9.84 Å². The van der Waals surface area contributed by atoms with E-state index in [9.17, 15) is 13.2 Å². The number of piperidine rings is 1. The van der Waals surface area contributed by atoms with Gasteiger partial charge in [-0.1, -0.05) is 6.42 Å². The van der Waals surface area contributed by atoms with Crippen molar-refractivity contribution < 1.29 is 22.4 Å². The van der Waals surface area contributed by atoms with Crippen molar-refractivity contribution in [2.45, 2.75) is 44.4 Å². The number of furan rings is 1. The molecule has 31 heavy (non-hydrogen) atoms. The SMILES string of the molecule is O=C(CCCOc1cc(CN2CCCCC2)ccn1)NCCS(=O)(=O)Cc1ccoc1. The van der Waals surface area contributed by atoms with Crippen molar-refractivity contribution in [2.24, 2.45) is 0 Å². The van der Waals surface area contributed by atoms with Gasteiger partial charge in [-0.2, -0.15) is 0 Å². The van der Waals surface area contributed by atoms with E-state index in [2.05, 4.69) is 15.2 Å². The third kappa shape index (κ3) is 8.70. The highest BCUT2D eigenvalue weighted by atomic mass is 32.2. The Morgan fingerprint density at radius 1 is 1.19 bits per heavy atom. The van der Waals surface area contributed by atoms with Gasteiger partial charge in [-0.25, -0.2) is 13.4 Å². The molecule has 1 aliphatic heterocycles. The summed E-state index contributed by atoms with van der Waals surface area (Å²) in [5.41, 5.74) is 1.79. The molecule has 1 aliphatic rings. The Morgan fingerprint density at radius 2 is 2.03 bits per heavy atom. The number of rotatable bonds is 12. The minimum absolute atomic E-state index is 0.0863. The molecular weight excluding hydrogens is 418 g/mol. The molecule has 0 unspecified atom stereocenters. The van der Waals surface area contributed by atoms with Gasteiger partial charge in [0.1, 0.15) is 0 Å². The van der Waals surface area contributed by atoms with Gasteiger partial charge in [0.05, 0.1) is 30.6 Å². The first-order valence-electron chi connectivity index (χ1n) is 10.8. The third-order valence-corrected chi connectivity index (χ3v) is 6.75. The zero-order valence-corrected chi connectivity index (χ0v) is 18.6. The van der Waals surface area contributed by atoms with Crippen LogP contribution < -0.4 is 10.1 Å². The second-order valence-corrected chi connectivity index (χ2v) is 10.0. The lowest BCUT2D eigenvalue weighted by atomic mass is 10.1. The fraction of sp³-hybridized carbons (Fsp3) is 0.545. The highest BCUT2D eigenvalue weighted by Gasteiger charge is 2.14. The number of hydrogen-bond acceptors (Lipinski definition) is 7. The Hall–Kier alpha value is -2.39. The number of aromatic nitrogens is 1. The number of sulfone groups is 1. The summed E-state index contributed by atoms with van der Waals surface area (Å²) in [7, 11) is -3.29. The maximum absolute atomic E-state index is 12.0. The van der Waals surface area contributed by atoms with E-state index in [4.69, 9.17) is 9.15 Å². The van der Waals surface area contributed by atoms with E-state index in [1.165, 1.54) is 37.4 Å². The smallest absolute Gasteiger partial charge is 0.220 e. The number of nitrogens with one attached hydrogen (secondary N) is 1. The zero-order valence-electron chi connectivity index (χ0n) is 17.8. The van der Waals surface area contributed by atoms with Gasteiger partial charge in [-0.15, -0.1) is 0 Å². The van der Waals surface area contributed by atoms with Crippen LogP contribution in [0.25, 0.3) is 0 Å². The highest BCUT2D eigenvalue weighted by molar-refractivity contribution is 7.90. The maximum Gasteiger partial charge on any atom is 0.220 e. The Kier molecular flexibility index (Phi) is 8.90. The van der Waals surface area contributed by atoms with E-state index in [1.54, 1.807) is 12.3 Å². The molecule has 0 aromatic carbocycles. The molecular formula is C22H31N3O5S. The van der Waals surface area contributed by atoms with Crippen LogP contribution in [0.15, 0.2) is 41.3 Å². The number of carbonyl (C=O) groups is 1. The summed E-state index contributed by atoms with van der Waals surface area (Å²) < 4.78 is 34.6. The Balaban J connectivity index is 1.29. The maximum atomic E-state index is 12.0. The average Bonchev–Trinajstić information content (AvgIpc) is 3.24. The average molecular weight is 450 g/mol. The lowest BCUT2D eigenvalue weighted by Crippen LogP contribution is -2.29. The van der Waals surface area contributed by atoms with Crippen molar-refractivity contribution in [1.82, 2.24) is 15.2 Å². The summed E-state index contributed by atoms with van der Waals surface area (Å²) in [6, 6.07) is 5.59. The molecule has 1 fully saturated rings. The van der Waals surface area contributed by atoms with Crippen molar-refractivity contribution in [3.8, 4) is 5.88 Å². The summed E-state index contributed by atoms with van der Waals surface area (Å²) in [4.78, 5) is 18.6. The molecule has 0 spiro atoms. The zero-order chi connectivity index (χ0) is 21.9. The fourth-order valence-electron chi connectivity index (χ4n) is 3.55. The number of likely N-dealkylation sites (tertiary alicyclic amines) is 1. The number of amides is 1. The van der Waals surface area contributed by atoms with Crippen molar-refractivity contribution in [3.05, 3.63) is 48.0 Å². The first-order valence-corrected chi connectivity index (χ1v) is 12.6. The number of pyridine rings is 1. The topological polar surface area (TPSA) is 102 Å². The molecule has 0 saturated carbocycles. The van der Waals surface area contributed by atoms with Gasteiger partial charge in [0, 0.05) is 37.3 Å². The predicted molar refractivity (Wildman–Crippen MR) is 117 cm³/mol. The van der Waals surface area contributed by atoms with Crippen LogP contribution in [-0.2, 0) is 26.9 Å². The van der Waals surface area contributed by atoms with E-state index in [0.29, 0.717) is 24.5 Å². The summed E-state index contributed by atoms with van der Waals surface area (Å²) in [5.74, 6) is 0.194. The molecule has 2 aromatic rings. The summed E-state index contributed by atoms with van der Waals surface area (Å²) >= 11 is 0. The van der Waals surface area contributed by atoms with Gasteiger partial charge in [0.15, 0.2) is 9.84 Å². The molecule has 9 heteroatoms. The van der Waals surface area contributed by atoms with Crippen LogP contribution in [0.2, 0.25) is 0 Å². The van der Waals surface area contributed by atoms with Crippen LogP contribution in [0.4, 0.5) is 0 Å². The van der Waals surface area contributed by atoms with Gasteiger partial charge < -0.3 is 14.5 Å². The van der Waals surface area contributed by atoms with Crippen LogP contribution >= 0.6 is 0 Å². The monoisotopic (exact) mass is 449 g/mol. The standard InChI is InChI=1S/C22H31N3O5S/c26-21(23-9-14-31(27,28)18-20-7-13-29-17-20)5-4-12-30-22-15-19(6-8-24-22)16-25-10-2-1-3-11-25/h6-8,13,15,17H,1-5,9-12,14,16,18H2,(H,23,26). The second-order valence-electron chi connectivity index (χ2n) is 7.86. The summed E-state index contributed by atoms with van der Waals surface area (Å²) in [6.45, 7) is 3.66.